The van der Waals surface area contributed by atoms with Crippen LogP contribution in [0.25, 0.3) is 6.08 Å². The van der Waals surface area contributed by atoms with Gasteiger partial charge in [-0.2, -0.15) is 0 Å². The smallest absolute Gasteiger partial charge is 0.320 e. The molecule has 0 aliphatic rings. The molecule has 1 amide bonds. The number of carbonyl (C=O) groups excluding carboxylic acids is 1. The first kappa shape index (κ1) is 19.2. The van der Waals surface area contributed by atoms with Gasteiger partial charge in [0, 0.05) is 12.6 Å². The molecule has 0 saturated heterocycles. The summed E-state index contributed by atoms with van der Waals surface area (Å²) in [5.41, 5.74) is 6.27. The quantitative estimate of drug-likeness (QED) is 0.447. The summed E-state index contributed by atoms with van der Waals surface area (Å²) in [7, 11) is 1.59. The summed E-state index contributed by atoms with van der Waals surface area (Å²) < 4.78 is 5.95. The lowest BCUT2D eigenvalue weighted by Crippen LogP contribution is -2.30. The zero-order chi connectivity index (χ0) is 17.2. The van der Waals surface area contributed by atoms with Gasteiger partial charge in [0.1, 0.15) is 11.8 Å². The second kappa shape index (κ2) is 10.0. The number of benzene rings is 1. The summed E-state index contributed by atoms with van der Waals surface area (Å²) in [5, 5.41) is 11.4. The number of carbonyl (C=O) groups is 2. The van der Waals surface area contributed by atoms with Crippen LogP contribution in [0.15, 0.2) is 28.7 Å². The third kappa shape index (κ3) is 7.30. The predicted octanol–water partition coefficient (Wildman–Crippen LogP) is 2.17. The fraction of sp³-hybridized carbons (Fsp3) is 0.375. The van der Waals surface area contributed by atoms with Crippen molar-refractivity contribution in [3.05, 3.63) is 34.3 Å². The molecular formula is C16H21BrN2O4. The van der Waals surface area contributed by atoms with Crippen LogP contribution in [-0.4, -0.2) is 36.7 Å². The van der Waals surface area contributed by atoms with Crippen molar-refractivity contribution in [2.45, 2.75) is 25.3 Å². The highest BCUT2D eigenvalue weighted by molar-refractivity contribution is 9.10. The molecular weight excluding hydrogens is 364 g/mol. The number of amides is 1. The van der Waals surface area contributed by atoms with Crippen LogP contribution in [-0.2, 0) is 9.59 Å². The van der Waals surface area contributed by atoms with Crippen molar-refractivity contribution in [2.75, 3.05) is 13.7 Å². The summed E-state index contributed by atoms with van der Waals surface area (Å²) in [4.78, 5) is 22.2. The fourth-order valence-corrected chi connectivity index (χ4v) is 2.40. The molecule has 1 unspecified atom stereocenters. The van der Waals surface area contributed by atoms with Crippen LogP contribution in [0.4, 0.5) is 0 Å². The van der Waals surface area contributed by atoms with E-state index in [0.717, 1.165) is 15.8 Å². The summed E-state index contributed by atoms with van der Waals surface area (Å²) in [6, 6.07) is 4.68. The van der Waals surface area contributed by atoms with Gasteiger partial charge in [0.25, 0.3) is 0 Å². The Hall–Kier alpha value is -1.86. The number of ether oxygens (including phenoxy) is 1. The second-order valence-corrected chi connectivity index (χ2v) is 5.81. The molecule has 0 heterocycles. The number of hydrogen-bond acceptors (Lipinski definition) is 4. The average molecular weight is 385 g/mol. The van der Waals surface area contributed by atoms with E-state index < -0.39 is 12.0 Å². The maximum Gasteiger partial charge on any atom is 0.320 e. The van der Waals surface area contributed by atoms with E-state index in [2.05, 4.69) is 21.2 Å². The Labute approximate surface area is 143 Å². The highest BCUT2D eigenvalue weighted by Gasteiger charge is 2.09. The molecule has 7 heteroatoms. The third-order valence-electron chi connectivity index (χ3n) is 3.16. The maximum atomic E-state index is 11.7. The molecule has 0 saturated carbocycles. The molecule has 6 nitrogen and oxygen atoms in total. The molecule has 1 aromatic carbocycles. The van der Waals surface area contributed by atoms with Gasteiger partial charge in [0.15, 0.2) is 0 Å². The molecule has 4 N–H and O–H groups in total. The molecule has 23 heavy (non-hydrogen) atoms. The molecule has 0 aliphatic heterocycles. The first-order chi connectivity index (χ1) is 10.9. The molecule has 126 valence electrons. The number of methoxy groups -OCH3 is 1. The van der Waals surface area contributed by atoms with Gasteiger partial charge in [-0.3, -0.25) is 9.59 Å². The maximum absolute atomic E-state index is 11.7. The summed E-state index contributed by atoms with van der Waals surface area (Å²) in [6.45, 7) is 0.488. The normalized spacial score (nSPS) is 12.1. The first-order valence-corrected chi connectivity index (χ1v) is 8.01. The summed E-state index contributed by atoms with van der Waals surface area (Å²) in [6.07, 6.45) is 4.91. The van der Waals surface area contributed by atoms with Crippen LogP contribution >= 0.6 is 15.9 Å². The highest BCUT2D eigenvalue weighted by atomic mass is 79.9. The minimum Gasteiger partial charge on any atom is -0.496 e. The molecule has 0 bridgehead atoms. The number of unbranched alkanes of at least 4 members (excludes halogenated alkanes) is 1. The largest absolute Gasteiger partial charge is 0.496 e. The number of hydrogen-bond donors (Lipinski definition) is 3. The number of nitrogens with two attached hydrogens (primary N) is 1. The highest BCUT2D eigenvalue weighted by Crippen LogP contribution is 2.25. The van der Waals surface area contributed by atoms with Crippen molar-refractivity contribution in [3.63, 3.8) is 0 Å². The van der Waals surface area contributed by atoms with E-state index in [1.54, 1.807) is 13.2 Å². The van der Waals surface area contributed by atoms with Crippen LogP contribution < -0.4 is 15.8 Å². The molecule has 1 atom stereocenters. The molecule has 0 aromatic heterocycles. The first-order valence-electron chi connectivity index (χ1n) is 7.22. The monoisotopic (exact) mass is 384 g/mol. The Kier molecular flexibility index (Phi) is 8.36. The lowest BCUT2D eigenvalue weighted by atomic mass is 10.1. The van der Waals surface area contributed by atoms with Crippen molar-refractivity contribution < 1.29 is 19.4 Å². The number of rotatable bonds is 9. The van der Waals surface area contributed by atoms with Gasteiger partial charge in [-0.05, 0) is 59.0 Å². The lowest BCUT2D eigenvalue weighted by Gasteiger charge is -2.06. The van der Waals surface area contributed by atoms with E-state index in [-0.39, 0.29) is 5.91 Å². The van der Waals surface area contributed by atoms with Crippen molar-refractivity contribution in [2.24, 2.45) is 5.73 Å². The number of carboxylic acid groups (broad SMARTS) is 1. The molecule has 0 radical (unpaired) electrons. The second-order valence-electron chi connectivity index (χ2n) is 4.96. The van der Waals surface area contributed by atoms with Crippen molar-refractivity contribution in [1.82, 2.24) is 5.32 Å². The SMILES string of the molecule is COc1ccc(C=CC(=O)NCCCCC(N)C(=O)O)cc1Br. The van der Waals surface area contributed by atoms with Crippen molar-refractivity contribution in [3.8, 4) is 5.75 Å². The number of halogens is 1. The van der Waals surface area contributed by atoms with Gasteiger partial charge in [-0.15, -0.1) is 0 Å². The Morgan fingerprint density at radius 2 is 2.17 bits per heavy atom. The topological polar surface area (TPSA) is 102 Å². The number of nitrogens with one attached hydrogen (secondary N) is 1. The summed E-state index contributed by atoms with van der Waals surface area (Å²) >= 11 is 3.38. The zero-order valence-corrected chi connectivity index (χ0v) is 14.5. The van der Waals surface area contributed by atoms with E-state index in [1.165, 1.54) is 6.08 Å². The minimum absolute atomic E-state index is 0.195. The predicted molar refractivity (Wildman–Crippen MR) is 92.2 cm³/mol. The van der Waals surface area contributed by atoms with Gasteiger partial charge in [-0.1, -0.05) is 6.07 Å². The van der Waals surface area contributed by atoms with Crippen molar-refractivity contribution in [1.29, 1.82) is 0 Å². The van der Waals surface area contributed by atoms with Crippen LogP contribution in [0, 0.1) is 0 Å². The van der Waals surface area contributed by atoms with Gasteiger partial charge in [0.05, 0.1) is 11.6 Å². The Morgan fingerprint density at radius 1 is 1.43 bits per heavy atom. The van der Waals surface area contributed by atoms with Crippen LogP contribution in [0.5, 0.6) is 5.75 Å². The Balaban J connectivity index is 2.31. The van der Waals surface area contributed by atoms with E-state index >= 15 is 0 Å². The fourth-order valence-electron chi connectivity index (χ4n) is 1.84. The van der Waals surface area contributed by atoms with Crippen LogP contribution in [0.1, 0.15) is 24.8 Å². The summed E-state index contributed by atoms with van der Waals surface area (Å²) in [5.74, 6) is -0.465. The standard InChI is InChI=1S/C16H21BrN2O4/c1-23-14-7-5-11(10-12(14)17)6-8-15(20)19-9-3-2-4-13(18)16(21)22/h5-8,10,13H,2-4,9,18H2,1H3,(H,19,20)(H,21,22). The zero-order valence-electron chi connectivity index (χ0n) is 12.9. The average Bonchev–Trinajstić information content (AvgIpc) is 2.52. The van der Waals surface area contributed by atoms with Gasteiger partial charge in [0.2, 0.25) is 5.91 Å². The molecule has 0 spiro atoms. The van der Waals surface area contributed by atoms with Gasteiger partial charge < -0.3 is 20.9 Å². The Bertz CT molecular complexity index is 575. The molecule has 0 fully saturated rings. The van der Waals surface area contributed by atoms with E-state index in [1.807, 2.05) is 18.2 Å². The molecule has 1 rings (SSSR count). The number of aliphatic carboxylic acids is 1. The van der Waals surface area contributed by atoms with E-state index in [4.69, 9.17) is 15.6 Å². The van der Waals surface area contributed by atoms with Gasteiger partial charge in [-0.25, -0.2) is 0 Å². The van der Waals surface area contributed by atoms with Crippen LogP contribution in [0.2, 0.25) is 0 Å². The van der Waals surface area contributed by atoms with Crippen molar-refractivity contribution >= 4 is 33.9 Å². The van der Waals surface area contributed by atoms with E-state index in [0.29, 0.717) is 25.8 Å². The molecule has 0 aliphatic carbocycles. The molecule has 1 aromatic rings. The Morgan fingerprint density at radius 3 is 2.78 bits per heavy atom. The van der Waals surface area contributed by atoms with Crippen LogP contribution in [0.3, 0.4) is 0 Å². The number of carboxylic acids is 1. The van der Waals surface area contributed by atoms with E-state index in [9.17, 15) is 9.59 Å². The lowest BCUT2D eigenvalue weighted by molar-refractivity contribution is -0.138. The van der Waals surface area contributed by atoms with Gasteiger partial charge >= 0.3 is 5.97 Å². The third-order valence-corrected chi connectivity index (χ3v) is 3.78. The minimum atomic E-state index is -0.998.